The van der Waals surface area contributed by atoms with Gasteiger partial charge in [-0.25, -0.2) is 0 Å². The zero-order valence-electron chi connectivity index (χ0n) is 12.5. The Morgan fingerprint density at radius 2 is 1.70 bits per heavy atom. The van der Waals surface area contributed by atoms with E-state index in [1.165, 1.54) is 21.1 Å². The number of allylic oxidation sites excluding steroid dienone is 1. The molecule has 1 aromatic rings. The maximum absolute atomic E-state index is 11.3. The Balaban J connectivity index is 3.62. The third kappa shape index (κ3) is 3.04. The van der Waals surface area contributed by atoms with E-state index >= 15 is 0 Å². The van der Waals surface area contributed by atoms with Crippen LogP contribution in [0.15, 0.2) is 12.2 Å². The van der Waals surface area contributed by atoms with Crippen LogP contribution in [0, 0.1) is 6.92 Å². The smallest absolute Gasteiger partial charge is 0.308 e. The molecule has 1 N–H and O–H groups in total. The lowest BCUT2D eigenvalue weighted by atomic mass is 9.98. The van der Waals surface area contributed by atoms with Gasteiger partial charge in [0.05, 0.1) is 14.2 Å². The molecule has 0 spiro atoms. The highest BCUT2D eigenvalue weighted by Crippen LogP contribution is 2.49. The molecule has 0 aromatic heterocycles. The molecule has 0 radical (unpaired) electrons. The third-order valence-electron chi connectivity index (χ3n) is 2.84. The van der Waals surface area contributed by atoms with E-state index in [-0.39, 0.29) is 23.0 Å². The molecule has 0 bridgehead atoms. The molecule has 0 aliphatic heterocycles. The average Bonchev–Trinajstić information content (AvgIpc) is 2.36. The van der Waals surface area contributed by atoms with Gasteiger partial charge in [0, 0.05) is 18.1 Å². The Morgan fingerprint density at radius 3 is 2.10 bits per heavy atom. The van der Waals surface area contributed by atoms with Crippen molar-refractivity contribution in [1.82, 2.24) is 0 Å². The van der Waals surface area contributed by atoms with E-state index in [4.69, 9.17) is 14.2 Å². The first-order chi connectivity index (χ1) is 9.33. The van der Waals surface area contributed by atoms with Crippen LogP contribution in [0.2, 0.25) is 0 Å². The highest BCUT2D eigenvalue weighted by molar-refractivity contribution is 5.75. The van der Waals surface area contributed by atoms with Crippen LogP contribution < -0.4 is 14.2 Å². The van der Waals surface area contributed by atoms with Crippen LogP contribution in [0.25, 0.3) is 0 Å². The standard InChI is InChI=1S/C15H20O5/c1-8(2)7-11-9(3)13(20-10(4)16)15(19-6)14(18-5)12(11)17/h17H,1,7H2,2-6H3. The van der Waals surface area contributed by atoms with E-state index in [1.54, 1.807) is 6.92 Å². The van der Waals surface area contributed by atoms with E-state index in [9.17, 15) is 9.90 Å². The number of ether oxygens (including phenoxy) is 3. The van der Waals surface area contributed by atoms with Crippen molar-refractivity contribution in [3.05, 3.63) is 23.3 Å². The molecule has 5 heteroatoms. The summed E-state index contributed by atoms with van der Waals surface area (Å²) in [5, 5.41) is 10.3. The van der Waals surface area contributed by atoms with Crippen LogP contribution >= 0.6 is 0 Å². The molecule has 0 aliphatic rings. The molecular formula is C15H20O5. The SMILES string of the molecule is C=C(C)Cc1c(C)c(OC(C)=O)c(OC)c(OC)c1O. The van der Waals surface area contributed by atoms with Gasteiger partial charge in [0.25, 0.3) is 0 Å². The Morgan fingerprint density at radius 1 is 1.15 bits per heavy atom. The maximum atomic E-state index is 11.3. The summed E-state index contributed by atoms with van der Waals surface area (Å²) in [7, 11) is 2.83. The molecule has 0 amide bonds. The van der Waals surface area contributed by atoms with Crippen molar-refractivity contribution in [3.8, 4) is 23.0 Å². The van der Waals surface area contributed by atoms with Gasteiger partial charge in [-0.05, 0) is 20.3 Å². The lowest BCUT2D eigenvalue weighted by Gasteiger charge is -2.19. The summed E-state index contributed by atoms with van der Waals surface area (Å²) in [5.74, 6) is 0.0980. The first-order valence-corrected chi connectivity index (χ1v) is 6.12. The summed E-state index contributed by atoms with van der Waals surface area (Å²) in [6.45, 7) is 8.73. The van der Waals surface area contributed by atoms with Crippen molar-refractivity contribution < 1.29 is 24.1 Å². The van der Waals surface area contributed by atoms with Crippen LogP contribution in [0.5, 0.6) is 23.0 Å². The predicted octanol–water partition coefficient (Wildman–Crippen LogP) is 2.76. The van der Waals surface area contributed by atoms with Crippen LogP contribution in [0.1, 0.15) is 25.0 Å². The molecule has 0 fully saturated rings. The van der Waals surface area contributed by atoms with Crippen molar-refractivity contribution in [2.24, 2.45) is 0 Å². The van der Waals surface area contributed by atoms with E-state index in [1.807, 2.05) is 6.92 Å². The van der Waals surface area contributed by atoms with Gasteiger partial charge >= 0.3 is 5.97 Å². The molecule has 0 heterocycles. The lowest BCUT2D eigenvalue weighted by Crippen LogP contribution is -2.08. The van der Waals surface area contributed by atoms with E-state index in [0.29, 0.717) is 17.5 Å². The number of esters is 1. The van der Waals surface area contributed by atoms with Crippen molar-refractivity contribution in [2.45, 2.75) is 27.2 Å². The Bertz CT molecular complexity index is 546. The lowest BCUT2D eigenvalue weighted by molar-refractivity contribution is -0.132. The van der Waals surface area contributed by atoms with Gasteiger partial charge in [-0.1, -0.05) is 12.2 Å². The number of carbonyl (C=O) groups is 1. The molecule has 0 atom stereocenters. The molecule has 0 aliphatic carbocycles. The minimum atomic E-state index is -0.472. The number of aromatic hydroxyl groups is 1. The van der Waals surface area contributed by atoms with Crippen molar-refractivity contribution in [1.29, 1.82) is 0 Å². The van der Waals surface area contributed by atoms with Gasteiger partial charge < -0.3 is 19.3 Å². The van der Waals surface area contributed by atoms with Crippen LogP contribution in [-0.4, -0.2) is 25.3 Å². The summed E-state index contributed by atoms with van der Waals surface area (Å²) in [6.07, 6.45) is 0.451. The zero-order valence-corrected chi connectivity index (χ0v) is 12.5. The molecule has 1 rings (SSSR count). The molecule has 20 heavy (non-hydrogen) atoms. The van der Waals surface area contributed by atoms with Gasteiger partial charge in [-0.15, -0.1) is 0 Å². The van der Waals surface area contributed by atoms with Gasteiger partial charge in [0.1, 0.15) is 0 Å². The zero-order chi connectivity index (χ0) is 15.4. The number of hydrogen-bond donors (Lipinski definition) is 1. The number of carbonyl (C=O) groups excluding carboxylic acids is 1. The summed E-state index contributed by atoms with van der Waals surface area (Å²) >= 11 is 0. The second-order valence-electron chi connectivity index (χ2n) is 4.58. The first-order valence-electron chi connectivity index (χ1n) is 6.12. The number of benzene rings is 1. The quantitative estimate of drug-likeness (QED) is 0.510. The van der Waals surface area contributed by atoms with E-state index in [2.05, 4.69) is 6.58 Å². The highest BCUT2D eigenvalue weighted by atomic mass is 16.6. The molecule has 5 nitrogen and oxygen atoms in total. The third-order valence-corrected chi connectivity index (χ3v) is 2.84. The number of phenolic OH excluding ortho intramolecular Hbond substituents is 1. The maximum Gasteiger partial charge on any atom is 0.308 e. The number of methoxy groups -OCH3 is 2. The summed E-state index contributed by atoms with van der Waals surface area (Å²) in [5.41, 5.74) is 2.09. The second-order valence-corrected chi connectivity index (χ2v) is 4.58. The fraction of sp³-hybridized carbons (Fsp3) is 0.400. The number of rotatable bonds is 5. The molecule has 0 unspecified atom stereocenters. The highest BCUT2D eigenvalue weighted by Gasteiger charge is 2.25. The van der Waals surface area contributed by atoms with Crippen LogP contribution in [0.4, 0.5) is 0 Å². The minimum Gasteiger partial charge on any atom is -0.504 e. The Hall–Kier alpha value is -2.17. The van der Waals surface area contributed by atoms with Crippen molar-refractivity contribution >= 4 is 5.97 Å². The molecule has 0 saturated heterocycles. The summed E-state index contributed by atoms with van der Waals surface area (Å²) in [4.78, 5) is 11.3. The van der Waals surface area contributed by atoms with E-state index in [0.717, 1.165) is 5.57 Å². The van der Waals surface area contributed by atoms with Gasteiger partial charge in [0.15, 0.2) is 11.5 Å². The first kappa shape index (κ1) is 15.9. The fourth-order valence-electron chi connectivity index (χ4n) is 1.99. The number of phenols is 1. The van der Waals surface area contributed by atoms with Gasteiger partial charge in [0.2, 0.25) is 11.5 Å². The minimum absolute atomic E-state index is 0.0271. The molecule has 0 saturated carbocycles. The van der Waals surface area contributed by atoms with Crippen molar-refractivity contribution in [3.63, 3.8) is 0 Å². The molecule has 1 aromatic carbocycles. The fourth-order valence-corrected chi connectivity index (χ4v) is 1.99. The number of hydrogen-bond acceptors (Lipinski definition) is 5. The average molecular weight is 280 g/mol. The Kier molecular flexibility index (Phi) is 5.02. The second kappa shape index (κ2) is 6.32. The molecular weight excluding hydrogens is 260 g/mol. The summed E-state index contributed by atoms with van der Waals surface area (Å²) in [6, 6.07) is 0. The summed E-state index contributed by atoms with van der Waals surface area (Å²) < 4.78 is 15.6. The van der Waals surface area contributed by atoms with Gasteiger partial charge in [-0.3, -0.25) is 4.79 Å². The van der Waals surface area contributed by atoms with Crippen molar-refractivity contribution in [2.75, 3.05) is 14.2 Å². The topological polar surface area (TPSA) is 65.0 Å². The Labute approximate surface area is 118 Å². The largest absolute Gasteiger partial charge is 0.504 e. The monoisotopic (exact) mass is 280 g/mol. The van der Waals surface area contributed by atoms with Gasteiger partial charge in [-0.2, -0.15) is 0 Å². The predicted molar refractivity (Wildman–Crippen MR) is 75.8 cm³/mol. The van der Waals surface area contributed by atoms with Crippen LogP contribution in [0.3, 0.4) is 0 Å². The van der Waals surface area contributed by atoms with Crippen LogP contribution in [-0.2, 0) is 11.2 Å². The molecule has 110 valence electrons. The normalized spacial score (nSPS) is 10.1. The van der Waals surface area contributed by atoms with E-state index < -0.39 is 5.97 Å².